The molecule has 0 atom stereocenters. The fraction of sp³-hybridized carbons (Fsp3) is 0.400. The molecule has 0 N–H and O–H groups in total. The third-order valence-electron chi connectivity index (χ3n) is 1.19. The molecule has 0 aromatic heterocycles. The summed E-state index contributed by atoms with van der Waals surface area (Å²) in [4.78, 5) is 2.00. The van der Waals surface area contributed by atoms with E-state index in [1.54, 1.807) is 6.07 Å². The van der Waals surface area contributed by atoms with Crippen LogP contribution in [0.15, 0.2) is 24.3 Å². The second kappa shape index (κ2) is 6.37. The third-order valence-corrected chi connectivity index (χ3v) is 2.08. The Bertz CT molecular complexity index is 294. The predicted octanol–water partition coefficient (Wildman–Crippen LogP) is 1.68. The molecule has 5 heteroatoms. The maximum atomic E-state index is 12.0. The first-order valence-electron chi connectivity index (χ1n) is 4.23. The Labute approximate surface area is 101 Å². The van der Waals surface area contributed by atoms with Crippen LogP contribution in [0.3, 0.4) is 0 Å². The zero-order valence-electron chi connectivity index (χ0n) is 8.89. The molecule has 3 radical (unpaired) electrons. The molecule has 83 valence electrons. The Morgan fingerprint density at radius 3 is 1.87 bits per heavy atom. The van der Waals surface area contributed by atoms with Crippen molar-refractivity contribution in [2.45, 2.75) is 6.18 Å². The van der Waals surface area contributed by atoms with E-state index in [0.29, 0.717) is 3.58 Å². The van der Waals surface area contributed by atoms with Gasteiger partial charge in [0, 0.05) is 0 Å². The number of benzene rings is 1. The molecule has 0 amide bonds. The number of hydrogen-bond donors (Lipinski definition) is 0. The van der Waals surface area contributed by atoms with Gasteiger partial charge in [-0.2, -0.15) is 0 Å². The van der Waals surface area contributed by atoms with E-state index in [0.717, 1.165) is 34.7 Å². The summed E-state index contributed by atoms with van der Waals surface area (Å²) in [5.74, 6) is 0. The molecule has 0 aliphatic heterocycles. The average molecular weight is 323 g/mol. The van der Waals surface area contributed by atoms with Crippen molar-refractivity contribution in [3.8, 4) is 0 Å². The van der Waals surface area contributed by atoms with Gasteiger partial charge in [0.25, 0.3) is 0 Å². The molecule has 0 bridgehead atoms. The molecule has 1 rings (SSSR count). The molecule has 0 spiro atoms. The first-order chi connectivity index (χ1) is 6.73. The van der Waals surface area contributed by atoms with E-state index < -0.39 is 11.7 Å². The number of rotatable bonds is 0. The Balaban J connectivity index is 0.000000423. The van der Waals surface area contributed by atoms with Crippen molar-refractivity contribution in [1.29, 1.82) is 0 Å². The van der Waals surface area contributed by atoms with Crippen LogP contribution < -0.4 is 3.58 Å². The van der Waals surface area contributed by atoms with Gasteiger partial charge in [0.1, 0.15) is 0 Å². The zero-order chi connectivity index (χ0) is 12.1. The van der Waals surface area contributed by atoms with Gasteiger partial charge in [-0.05, 0) is 21.1 Å². The first kappa shape index (κ1) is 14.8. The summed E-state index contributed by atoms with van der Waals surface area (Å²) < 4.78 is 36.6. The van der Waals surface area contributed by atoms with E-state index in [9.17, 15) is 13.2 Å². The van der Waals surface area contributed by atoms with Crippen LogP contribution in [0.4, 0.5) is 13.2 Å². The Morgan fingerprint density at radius 2 is 1.60 bits per heavy atom. The number of halogens is 3. The molecule has 15 heavy (non-hydrogen) atoms. The van der Waals surface area contributed by atoms with Crippen LogP contribution in [-0.2, 0) is 6.18 Å². The number of alkyl halides is 3. The summed E-state index contributed by atoms with van der Waals surface area (Å²) in [6, 6.07) is 5.34. The Morgan fingerprint density at radius 1 is 1.13 bits per heavy atom. The summed E-state index contributed by atoms with van der Waals surface area (Å²) in [6.07, 6.45) is -4.20. The monoisotopic (exact) mass is 324 g/mol. The Hall–Kier alpha value is -0.231. The topological polar surface area (TPSA) is 3.24 Å². The minimum atomic E-state index is -4.20. The minimum absolute atomic E-state index is 0.563. The first-order valence-corrected chi connectivity index (χ1v) is 5.66. The van der Waals surface area contributed by atoms with Crippen LogP contribution in [0, 0.1) is 0 Å². The quantitative estimate of drug-likeness (QED) is 0.657. The van der Waals surface area contributed by atoms with E-state index in [4.69, 9.17) is 0 Å². The van der Waals surface area contributed by atoms with Crippen molar-refractivity contribution < 1.29 is 13.2 Å². The molecular weight excluding hydrogens is 310 g/mol. The van der Waals surface area contributed by atoms with Crippen LogP contribution in [0.5, 0.6) is 0 Å². The molecule has 0 fully saturated rings. The van der Waals surface area contributed by atoms with Gasteiger partial charge in [-0.1, -0.05) is 0 Å². The van der Waals surface area contributed by atoms with Gasteiger partial charge in [-0.15, -0.1) is 0 Å². The molecule has 0 aliphatic carbocycles. The van der Waals surface area contributed by atoms with E-state index in [2.05, 4.69) is 0 Å². The number of hydrogen-bond acceptors (Lipinski definition) is 1. The molecular formula is C10H13F3NSn. The second-order valence-corrected chi connectivity index (χ2v) is 5.07. The van der Waals surface area contributed by atoms with Crippen LogP contribution >= 0.6 is 0 Å². The second-order valence-electron chi connectivity index (χ2n) is 3.42. The van der Waals surface area contributed by atoms with E-state index in [1.165, 1.54) is 6.07 Å². The molecule has 0 aliphatic rings. The van der Waals surface area contributed by atoms with E-state index in [-0.39, 0.29) is 0 Å². The van der Waals surface area contributed by atoms with Gasteiger partial charge in [-0.25, -0.2) is 0 Å². The van der Waals surface area contributed by atoms with Crippen LogP contribution in [0.2, 0.25) is 0 Å². The van der Waals surface area contributed by atoms with E-state index >= 15 is 0 Å². The van der Waals surface area contributed by atoms with Crippen molar-refractivity contribution in [2.75, 3.05) is 21.1 Å². The molecule has 1 aromatic rings. The summed E-state index contributed by atoms with van der Waals surface area (Å²) in [7, 11) is 6.00. The van der Waals surface area contributed by atoms with Crippen LogP contribution in [-0.4, -0.2) is 48.6 Å². The van der Waals surface area contributed by atoms with Crippen molar-refractivity contribution in [1.82, 2.24) is 4.90 Å². The van der Waals surface area contributed by atoms with E-state index in [1.807, 2.05) is 26.0 Å². The van der Waals surface area contributed by atoms with Crippen molar-refractivity contribution in [2.24, 2.45) is 0 Å². The SMILES string of the molecule is CN(C)C.FC(F)(F)c1ccc[c]([Sn])c1. The predicted molar refractivity (Wildman–Crippen MR) is 56.4 cm³/mol. The van der Waals surface area contributed by atoms with Crippen molar-refractivity contribution in [3.63, 3.8) is 0 Å². The fourth-order valence-electron chi connectivity index (χ4n) is 0.696. The standard InChI is InChI=1S/C7H4F3.C3H9N.Sn/c8-7(9,10)6-4-2-1-3-5-6;1-4(2)3;/h1-2,4-5H;1-3H3;. The molecule has 0 saturated heterocycles. The molecule has 1 nitrogen and oxygen atoms in total. The molecule has 0 unspecified atom stereocenters. The van der Waals surface area contributed by atoms with Crippen LogP contribution in [0.25, 0.3) is 0 Å². The fourth-order valence-corrected chi connectivity index (χ4v) is 1.41. The molecule has 1 aromatic carbocycles. The van der Waals surface area contributed by atoms with Gasteiger partial charge in [-0.3, -0.25) is 0 Å². The Kier molecular flexibility index (Phi) is 6.27. The summed E-state index contributed by atoms with van der Waals surface area (Å²) >= 11 is 1.00. The van der Waals surface area contributed by atoms with Crippen molar-refractivity contribution in [3.05, 3.63) is 29.8 Å². The molecule has 0 saturated carbocycles. The summed E-state index contributed by atoms with van der Waals surface area (Å²) in [6.45, 7) is 0. The maximum absolute atomic E-state index is 12.0. The average Bonchev–Trinajstić information content (AvgIpc) is 2.01. The van der Waals surface area contributed by atoms with Gasteiger partial charge in [0.15, 0.2) is 0 Å². The van der Waals surface area contributed by atoms with Gasteiger partial charge in [0.2, 0.25) is 0 Å². The third kappa shape index (κ3) is 7.67. The normalized spacial score (nSPS) is 10.9. The summed E-state index contributed by atoms with van der Waals surface area (Å²) in [5, 5.41) is 0. The van der Waals surface area contributed by atoms with Crippen LogP contribution in [0.1, 0.15) is 5.56 Å². The summed E-state index contributed by atoms with van der Waals surface area (Å²) in [5.41, 5.74) is -0.563. The van der Waals surface area contributed by atoms with Crippen molar-refractivity contribution >= 4 is 26.1 Å². The zero-order valence-corrected chi connectivity index (χ0v) is 11.7. The van der Waals surface area contributed by atoms with Gasteiger partial charge >= 0.3 is 75.3 Å². The number of nitrogens with zero attached hydrogens (tertiary/aromatic N) is 1. The van der Waals surface area contributed by atoms with Gasteiger partial charge in [0.05, 0.1) is 0 Å². The van der Waals surface area contributed by atoms with Gasteiger partial charge < -0.3 is 4.90 Å². The molecule has 0 heterocycles.